The van der Waals surface area contributed by atoms with Crippen LogP contribution in [0, 0.1) is 0 Å². The van der Waals surface area contributed by atoms with Crippen molar-refractivity contribution < 1.29 is 9.53 Å². The van der Waals surface area contributed by atoms with Crippen molar-refractivity contribution >= 4 is 16.8 Å². The number of rotatable bonds is 7. The standard InChI is InChI=1S/C23H22N4O3/c1-2-30-18-9-7-16(8-10-18)20-11-12-22(28)27(26-20)14-13-24-23(29)21-15-17-5-3-4-6-19(17)25-21/h3-12,15,25H,2,13-14H2,1H3,(H,24,29). The van der Waals surface area contributed by atoms with Gasteiger partial charge in [-0.05, 0) is 49.4 Å². The highest BCUT2D eigenvalue weighted by molar-refractivity contribution is 5.97. The van der Waals surface area contributed by atoms with Gasteiger partial charge in [-0.3, -0.25) is 9.59 Å². The van der Waals surface area contributed by atoms with Crippen molar-refractivity contribution in [2.24, 2.45) is 0 Å². The first-order valence-electron chi connectivity index (χ1n) is 9.81. The molecule has 0 bridgehead atoms. The van der Waals surface area contributed by atoms with Crippen LogP contribution in [-0.2, 0) is 6.54 Å². The lowest BCUT2D eigenvalue weighted by molar-refractivity contribution is 0.0947. The van der Waals surface area contributed by atoms with E-state index in [0.29, 0.717) is 18.0 Å². The Hall–Kier alpha value is -3.87. The minimum Gasteiger partial charge on any atom is -0.494 e. The van der Waals surface area contributed by atoms with E-state index in [1.54, 1.807) is 6.07 Å². The number of H-pyrrole nitrogens is 1. The SMILES string of the molecule is CCOc1ccc(-c2ccc(=O)n(CCNC(=O)c3cc4ccccc4[nH]3)n2)cc1. The predicted octanol–water partition coefficient (Wildman–Crippen LogP) is 3.22. The largest absolute Gasteiger partial charge is 0.494 e. The molecule has 2 N–H and O–H groups in total. The zero-order valence-electron chi connectivity index (χ0n) is 16.6. The Kier molecular flexibility index (Phi) is 5.61. The van der Waals surface area contributed by atoms with Crippen LogP contribution in [0.4, 0.5) is 0 Å². The van der Waals surface area contributed by atoms with Crippen LogP contribution in [-0.4, -0.2) is 33.8 Å². The van der Waals surface area contributed by atoms with Gasteiger partial charge in [0.1, 0.15) is 11.4 Å². The smallest absolute Gasteiger partial charge is 0.267 e. The molecule has 4 aromatic rings. The number of nitrogens with zero attached hydrogens (tertiary/aromatic N) is 2. The van der Waals surface area contributed by atoms with Gasteiger partial charge in [0.2, 0.25) is 0 Å². The molecule has 0 spiro atoms. The van der Waals surface area contributed by atoms with E-state index >= 15 is 0 Å². The summed E-state index contributed by atoms with van der Waals surface area (Å²) >= 11 is 0. The Labute approximate surface area is 173 Å². The minimum absolute atomic E-state index is 0.218. The lowest BCUT2D eigenvalue weighted by Gasteiger charge is -2.09. The highest BCUT2D eigenvalue weighted by atomic mass is 16.5. The van der Waals surface area contributed by atoms with Gasteiger partial charge in [-0.2, -0.15) is 5.10 Å². The summed E-state index contributed by atoms with van der Waals surface area (Å²) in [6.45, 7) is 3.10. The fourth-order valence-electron chi connectivity index (χ4n) is 3.22. The molecule has 0 aliphatic rings. The second-order valence-electron chi connectivity index (χ2n) is 6.76. The molecule has 2 aromatic heterocycles. The van der Waals surface area contributed by atoms with Crippen molar-refractivity contribution in [2.45, 2.75) is 13.5 Å². The monoisotopic (exact) mass is 402 g/mol. The number of benzene rings is 2. The molecule has 0 radical (unpaired) electrons. The van der Waals surface area contributed by atoms with Crippen LogP contribution in [0.3, 0.4) is 0 Å². The maximum absolute atomic E-state index is 12.4. The lowest BCUT2D eigenvalue weighted by Crippen LogP contribution is -2.32. The van der Waals surface area contributed by atoms with E-state index in [4.69, 9.17) is 4.74 Å². The summed E-state index contributed by atoms with van der Waals surface area (Å²) in [4.78, 5) is 27.7. The van der Waals surface area contributed by atoms with E-state index in [9.17, 15) is 9.59 Å². The topological polar surface area (TPSA) is 89.0 Å². The number of carbonyl (C=O) groups is 1. The first kappa shape index (κ1) is 19.4. The average Bonchev–Trinajstić information content (AvgIpc) is 3.20. The van der Waals surface area contributed by atoms with Gasteiger partial charge in [0, 0.05) is 29.1 Å². The number of carbonyl (C=O) groups excluding carboxylic acids is 1. The third-order valence-corrected chi connectivity index (χ3v) is 4.71. The molecule has 7 nitrogen and oxygen atoms in total. The Morgan fingerprint density at radius 2 is 1.90 bits per heavy atom. The highest BCUT2D eigenvalue weighted by Gasteiger charge is 2.09. The van der Waals surface area contributed by atoms with E-state index < -0.39 is 0 Å². The van der Waals surface area contributed by atoms with Crippen LogP contribution in [0.25, 0.3) is 22.2 Å². The van der Waals surface area contributed by atoms with Crippen molar-refractivity contribution in [1.82, 2.24) is 20.1 Å². The Morgan fingerprint density at radius 3 is 2.67 bits per heavy atom. The van der Waals surface area contributed by atoms with E-state index in [1.165, 1.54) is 10.7 Å². The highest BCUT2D eigenvalue weighted by Crippen LogP contribution is 2.20. The Bertz CT molecular complexity index is 1190. The summed E-state index contributed by atoms with van der Waals surface area (Å²) in [7, 11) is 0. The fraction of sp³-hybridized carbons (Fsp3) is 0.174. The van der Waals surface area contributed by atoms with Gasteiger partial charge in [-0.15, -0.1) is 0 Å². The summed E-state index contributed by atoms with van der Waals surface area (Å²) < 4.78 is 6.81. The van der Waals surface area contributed by atoms with E-state index in [1.807, 2.05) is 61.5 Å². The van der Waals surface area contributed by atoms with E-state index in [-0.39, 0.29) is 24.6 Å². The first-order valence-corrected chi connectivity index (χ1v) is 9.81. The Morgan fingerprint density at radius 1 is 1.10 bits per heavy atom. The number of aromatic nitrogens is 3. The van der Waals surface area contributed by atoms with Crippen molar-refractivity contribution in [3.05, 3.63) is 82.8 Å². The number of hydrogen-bond acceptors (Lipinski definition) is 4. The molecule has 1 amide bonds. The number of ether oxygens (including phenoxy) is 1. The van der Waals surface area contributed by atoms with Crippen molar-refractivity contribution in [3.63, 3.8) is 0 Å². The summed E-state index contributed by atoms with van der Waals surface area (Å²) in [6.07, 6.45) is 0. The molecule has 152 valence electrons. The number of nitrogens with one attached hydrogen (secondary N) is 2. The predicted molar refractivity (Wildman–Crippen MR) is 116 cm³/mol. The number of fused-ring (bicyclic) bond motifs is 1. The molecular weight excluding hydrogens is 380 g/mol. The maximum Gasteiger partial charge on any atom is 0.267 e. The van der Waals surface area contributed by atoms with Gasteiger partial charge in [0.25, 0.3) is 11.5 Å². The van der Waals surface area contributed by atoms with Crippen LogP contribution in [0.5, 0.6) is 5.75 Å². The molecule has 0 saturated heterocycles. The quantitative estimate of drug-likeness (QED) is 0.497. The molecule has 30 heavy (non-hydrogen) atoms. The second kappa shape index (κ2) is 8.65. The zero-order valence-corrected chi connectivity index (χ0v) is 16.6. The van der Waals surface area contributed by atoms with Gasteiger partial charge < -0.3 is 15.0 Å². The van der Waals surface area contributed by atoms with Gasteiger partial charge >= 0.3 is 0 Å². The number of amides is 1. The summed E-state index contributed by atoms with van der Waals surface area (Å²) in [5.74, 6) is 0.566. The van der Waals surface area contributed by atoms with Gasteiger partial charge in [0.05, 0.1) is 18.8 Å². The molecule has 4 rings (SSSR count). The second-order valence-corrected chi connectivity index (χ2v) is 6.76. The van der Waals surface area contributed by atoms with Crippen LogP contribution in [0.2, 0.25) is 0 Å². The third-order valence-electron chi connectivity index (χ3n) is 4.71. The van der Waals surface area contributed by atoms with Crippen LogP contribution in [0.1, 0.15) is 17.4 Å². The first-order chi connectivity index (χ1) is 14.6. The molecule has 0 atom stereocenters. The van der Waals surface area contributed by atoms with Crippen molar-refractivity contribution in [1.29, 1.82) is 0 Å². The molecular formula is C23H22N4O3. The third kappa shape index (κ3) is 4.25. The minimum atomic E-state index is -0.220. The number of hydrogen-bond donors (Lipinski definition) is 2. The van der Waals surface area contributed by atoms with Gasteiger partial charge in [0.15, 0.2) is 0 Å². The number of aromatic amines is 1. The zero-order chi connectivity index (χ0) is 20.9. The molecule has 2 aromatic carbocycles. The van der Waals surface area contributed by atoms with E-state index in [2.05, 4.69) is 15.4 Å². The lowest BCUT2D eigenvalue weighted by atomic mass is 10.1. The Balaban J connectivity index is 1.42. The summed E-state index contributed by atoms with van der Waals surface area (Å²) in [5, 5.41) is 8.23. The van der Waals surface area contributed by atoms with Crippen LogP contribution >= 0.6 is 0 Å². The average molecular weight is 402 g/mol. The van der Waals surface area contributed by atoms with Crippen molar-refractivity contribution in [3.8, 4) is 17.0 Å². The molecule has 0 saturated carbocycles. The van der Waals surface area contributed by atoms with E-state index in [0.717, 1.165) is 22.2 Å². The molecule has 2 heterocycles. The van der Waals surface area contributed by atoms with Crippen molar-refractivity contribution in [2.75, 3.05) is 13.2 Å². The van der Waals surface area contributed by atoms with Crippen LogP contribution in [0.15, 0.2) is 71.5 Å². The maximum atomic E-state index is 12.4. The molecule has 0 aliphatic heterocycles. The fourth-order valence-corrected chi connectivity index (χ4v) is 3.22. The molecule has 7 heteroatoms. The molecule has 0 aliphatic carbocycles. The van der Waals surface area contributed by atoms with Gasteiger partial charge in [-0.1, -0.05) is 18.2 Å². The van der Waals surface area contributed by atoms with Gasteiger partial charge in [-0.25, -0.2) is 4.68 Å². The van der Waals surface area contributed by atoms with Crippen LogP contribution < -0.4 is 15.6 Å². The molecule has 0 fully saturated rings. The molecule has 0 unspecified atom stereocenters. The summed E-state index contributed by atoms with van der Waals surface area (Å²) in [6, 6.07) is 20.2. The normalized spacial score (nSPS) is 10.8. The summed E-state index contributed by atoms with van der Waals surface area (Å²) in [5.41, 5.74) is 2.74. The number of para-hydroxylation sites is 1.